The van der Waals surface area contributed by atoms with Gasteiger partial charge in [0.1, 0.15) is 0 Å². The number of hydrogen-bond donors (Lipinski definition) is 1. The van der Waals surface area contributed by atoms with Crippen molar-refractivity contribution in [2.24, 2.45) is 11.8 Å². The Balaban J connectivity index is 1.64. The number of nitrogens with one attached hydrogen (secondary N) is 1. The Morgan fingerprint density at radius 1 is 1.31 bits per heavy atom. The van der Waals surface area contributed by atoms with Gasteiger partial charge >= 0.3 is 0 Å². The Kier molecular flexibility index (Phi) is 2.65. The SMILES string of the molecule is Cc1cncc(CN2C[C@H]3CNC[C@H]3C2)c1. The highest BCUT2D eigenvalue weighted by atomic mass is 15.2. The molecule has 3 heteroatoms. The average molecular weight is 217 g/mol. The van der Waals surface area contributed by atoms with Gasteiger partial charge in [-0.3, -0.25) is 9.88 Å². The molecule has 0 aliphatic carbocycles. The van der Waals surface area contributed by atoms with Crippen LogP contribution in [0.4, 0.5) is 0 Å². The van der Waals surface area contributed by atoms with Gasteiger partial charge in [0.15, 0.2) is 0 Å². The second-order valence-electron chi connectivity index (χ2n) is 5.24. The highest BCUT2D eigenvalue weighted by Crippen LogP contribution is 2.27. The van der Waals surface area contributed by atoms with Gasteiger partial charge in [0.05, 0.1) is 0 Å². The van der Waals surface area contributed by atoms with Gasteiger partial charge in [0, 0.05) is 32.0 Å². The van der Waals surface area contributed by atoms with Crippen molar-refractivity contribution in [1.29, 1.82) is 0 Å². The van der Waals surface area contributed by atoms with Crippen LogP contribution in [-0.2, 0) is 6.54 Å². The lowest BCUT2D eigenvalue weighted by Crippen LogP contribution is -2.25. The minimum atomic E-state index is 0.887. The third kappa shape index (κ3) is 1.97. The van der Waals surface area contributed by atoms with Gasteiger partial charge in [-0.1, -0.05) is 6.07 Å². The molecule has 0 spiro atoms. The van der Waals surface area contributed by atoms with E-state index < -0.39 is 0 Å². The van der Waals surface area contributed by atoms with E-state index in [0.29, 0.717) is 0 Å². The maximum absolute atomic E-state index is 4.26. The van der Waals surface area contributed by atoms with Crippen LogP contribution in [0.25, 0.3) is 0 Å². The molecule has 2 saturated heterocycles. The Bertz CT molecular complexity index is 365. The molecule has 16 heavy (non-hydrogen) atoms. The minimum Gasteiger partial charge on any atom is -0.316 e. The van der Waals surface area contributed by atoms with Crippen LogP contribution in [0.2, 0.25) is 0 Å². The topological polar surface area (TPSA) is 28.2 Å². The van der Waals surface area contributed by atoms with E-state index in [2.05, 4.69) is 28.2 Å². The van der Waals surface area contributed by atoms with Crippen molar-refractivity contribution in [2.75, 3.05) is 26.2 Å². The molecular formula is C13H19N3. The van der Waals surface area contributed by atoms with E-state index in [9.17, 15) is 0 Å². The van der Waals surface area contributed by atoms with Gasteiger partial charge in [0.25, 0.3) is 0 Å². The van der Waals surface area contributed by atoms with Crippen molar-refractivity contribution in [3.8, 4) is 0 Å². The fraction of sp³-hybridized carbons (Fsp3) is 0.615. The van der Waals surface area contributed by atoms with Crippen molar-refractivity contribution in [2.45, 2.75) is 13.5 Å². The maximum Gasteiger partial charge on any atom is 0.0313 e. The van der Waals surface area contributed by atoms with E-state index >= 15 is 0 Å². The summed E-state index contributed by atoms with van der Waals surface area (Å²) in [7, 11) is 0. The first-order valence-electron chi connectivity index (χ1n) is 6.15. The van der Waals surface area contributed by atoms with Crippen molar-refractivity contribution >= 4 is 0 Å². The normalized spacial score (nSPS) is 29.6. The van der Waals surface area contributed by atoms with Crippen molar-refractivity contribution in [3.05, 3.63) is 29.6 Å². The summed E-state index contributed by atoms with van der Waals surface area (Å²) < 4.78 is 0. The van der Waals surface area contributed by atoms with E-state index in [1.807, 2.05) is 12.4 Å². The second kappa shape index (κ2) is 4.15. The van der Waals surface area contributed by atoms with Crippen molar-refractivity contribution in [1.82, 2.24) is 15.2 Å². The lowest BCUT2D eigenvalue weighted by Gasteiger charge is -2.16. The van der Waals surface area contributed by atoms with E-state index in [1.54, 1.807) is 0 Å². The molecule has 3 heterocycles. The monoisotopic (exact) mass is 217 g/mol. The van der Waals surface area contributed by atoms with E-state index in [-0.39, 0.29) is 0 Å². The first-order chi connectivity index (χ1) is 7.81. The largest absolute Gasteiger partial charge is 0.316 e. The minimum absolute atomic E-state index is 0.887. The zero-order chi connectivity index (χ0) is 11.0. The number of pyridine rings is 1. The second-order valence-corrected chi connectivity index (χ2v) is 5.24. The lowest BCUT2D eigenvalue weighted by molar-refractivity contribution is 0.305. The molecule has 0 amide bonds. The average Bonchev–Trinajstić information content (AvgIpc) is 2.77. The molecule has 3 rings (SSSR count). The van der Waals surface area contributed by atoms with Gasteiger partial charge in [-0.2, -0.15) is 0 Å². The molecule has 1 aromatic rings. The Morgan fingerprint density at radius 3 is 2.75 bits per heavy atom. The van der Waals surface area contributed by atoms with E-state index in [4.69, 9.17) is 0 Å². The molecule has 0 saturated carbocycles. The van der Waals surface area contributed by atoms with E-state index in [0.717, 1.165) is 18.4 Å². The zero-order valence-electron chi connectivity index (χ0n) is 9.82. The van der Waals surface area contributed by atoms with Gasteiger partial charge in [0.2, 0.25) is 0 Å². The summed E-state index contributed by atoms with van der Waals surface area (Å²) in [5, 5.41) is 3.48. The third-order valence-corrected chi connectivity index (χ3v) is 3.80. The molecule has 2 atom stereocenters. The maximum atomic E-state index is 4.26. The molecule has 2 fully saturated rings. The zero-order valence-corrected chi connectivity index (χ0v) is 9.82. The third-order valence-electron chi connectivity index (χ3n) is 3.80. The Labute approximate surface area is 96.9 Å². The highest BCUT2D eigenvalue weighted by molar-refractivity contribution is 5.16. The molecule has 0 unspecified atom stereocenters. The van der Waals surface area contributed by atoms with Gasteiger partial charge in [-0.05, 0) is 43.0 Å². The molecule has 0 radical (unpaired) electrons. The predicted octanol–water partition coefficient (Wildman–Crippen LogP) is 1.04. The van der Waals surface area contributed by atoms with Crippen molar-refractivity contribution in [3.63, 3.8) is 0 Å². The molecule has 2 aliphatic rings. The van der Waals surface area contributed by atoms with Gasteiger partial charge < -0.3 is 5.32 Å². The summed E-state index contributed by atoms with van der Waals surface area (Å²) in [6, 6.07) is 2.25. The van der Waals surface area contributed by atoms with Gasteiger partial charge in [-0.25, -0.2) is 0 Å². The molecule has 0 aromatic carbocycles. The summed E-state index contributed by atoms with van der Waals surface area (Å²) >= 11 is 0. The summed E-state index contributed by atoms with van der Waals surface area (Å²) in [4.78, 5) is 6.84. The van der Waals surface area contributed by atoms with Crippen LogP contribution in [-0.4, -0.2) is 36.1 Å². The first-order valence-corrected chi connectivity index (χ1v) is 6.15. The summed E-state index contributed by atoms with van der Waals surface area (Å²) in [5.74, 6) is 1.77. The van der Waals surface area contributed by atoms with Crippen LogP contribution in [0.5, 0.6) is 0 Å². The molecule has 2 aliphatic heterocycles. The summed E-state index contributed by atoms with van der Waals surface area (Å²) in [6.45, 7) is 8.12. The van der Waals surface area contributed by atoms with Crippen molar-refractivity contribution < 1.29 is 0 Å². The molecule has 1 N–H and O–H groups in total. The fourth-order valence-corrected chi connectivity index (χ4v) is 3.04. The van der Waals surface area contributed by atoms with Crippen LogP contribution >= 0.6 is 0 Å². The summed E-state index contributed by atoms with van der Waals surface area (Å²) in [6.07, 6.45) is 3.92. The molecule has 0 bridgehead atoms. The number of hydrogen-bond acceptors (Lipinski definition) is 3. The first kappa shape index (κ1) is 10.2. The standard InChI is InChI=1S/C13H19N3/c1-10-2-11(4-14-3-10)7-16-8-12-5-15-6-13(12)9-16/h2-4,12-13,15H,5-9H2,1H3/t12-,13+. The number of rotatable bonds is 2. The summed E-state index contributed by atoms with van der Waals surface area (Å²) in [5.41, 5.74) is 2.62. The van der Waals surface area contributed by atoms with Crippen LogP contribution < -0.4 is 5.32 Å². The lowest BCUT2D eigenvalue weighted by atomic mass is 10.0. The van der Waals surface area contributed by atoms with Crippen LogP contribution in [0.15, 0.2) is 18.5 Å². The van der Waals surface area contributed by atoms with Crippen LogP contribution in [0.1, 0.15) is 11.1 Å². The smallest absolute Gasteiger partial charge is 0.0313 e. The molecular weight excluding hydrogens is 198 g/mol. The predicted molar refractivity (Wildman–Crippen MR) is 64.1 cm³/mol. The number of fused-ring (bicyclic) bond motifs is 1. The Hall–Kier alpha value is -0.930. The molecule has 3 nitrogen and oxygen atoms in total. The number of aryl methyl sites for hydroxylation is 1. The fourth-order valence-electron chi connectivity index (χ4n) is 3.04. The molecule has 86 valence electrons. The highest BCUT2D eigenvalue weighted by Gasteiger charge is 2.35. The van der Waals surface area contributed by atoms with Crippen LogP contribution in [0.3, 0.4) is 0 Å². The van der Waals surface area contributed by atoms with E-state index in [1.165, 1.54) is 37.3 Å². The Morgan fingerprint density at radius 2 is 2.06 bits per heavy atom. The number of aromatic nitrogens is 1. The quantitative estimate of drug-likeness (QED) is 0.802. The molecule has 1 aromatic heterocycles. The number of likely N-dealkylation sites (tertiary alicyclic amines) is 1. The van der Waals surface area contributed by atoms with Crippen LogP contribution in [0, 0.1) is 18.8 Å². The number of nitrogens with zero attached hydrogens (tertiary/aromatic N) is 2. The van der Waals surface area contributed by atoms with Gasteiger partial charge in [-0.15, -0.1) is 0 Å².